The molecule has 0 aliphatic carbocycles. The van der Waals surface area contributed by atoms with Crippen LogP contribution >= 0.6 is 0 Å². The van der Waals surface area contributed by atoms with Crippen LogP contribution in [0.3, 0.4) is 0 Å². The molecule has 0 aliphatic heterocycles. The van der Waals surface area contributed by atoms with E-state index in [1.165, 1.54) is 6.07 Å². The lowest BCUT2D eigenvalue weighted by atomic mass is 9.91. The number of halogens is 3. The molecule has 1 aromatic heterocycles. The highest BCUT2D eigenvalue weighted by Crippen LogP contribution is 2.38. The Morgan fingerprint density at radius 1 is 1.33 bits per heavy atom. The molecule has 1 aromatic rings. The molecule has 1 N–H and O–H groups in total. The van der Waals surface area contributed by atoms with Crippen molar-refractivity contribution in [2.45, 2.75) is 44.7 Å². The molecule has 0 aliphatic rings. The molecule has 18 heavy (non-hydrogen) atoms. The van der Waals surface area contributed by atoms with Gasteiger partial charge in [-0.05, 0) is 20.0 Å². The van der Waals surface area contributed by atoms with E-state index >= 15 is 0 Å². The SMILES string of the molecule is CNCCC(c1cc(C(C)(C)C)on1)C(F)(F)F. The van der Waals surface area contributed by atoms with E-state index in [-0.39, 0.29) is 24.1 Å². The van der Waals surface area contributed by atoms with Gasteiger partial charge < -0.3 is 9.84 Å². The zero-order valence-electron chi connectivity index (χ0n) is 11.1. The van der Waals surface area contributed by atoms with Gasteiger partial charge in [-0.2, -0.15) is 13.2 Å². The average Bonchev–Trinajstić information content (AvgIpc) is 2.64. The molecule has 0 radical (unpaired) electrons. The predicted octanol–water partition coefficient (Wildman–Crippen LogP) is 3.23. The molecule has 0 saturated heterocycles. The lowest BCUT2D eigenvalue weighted by Crippen LogP contribution is -2.25. The van der Waals surface area contributed by atoms with Crippen LogP contribution in [0.5, 0.6) is 0 Å². The second-order valence-corrected chi connectivity index (χ2v) is 5.35. The van der Waals surface area contributed by atoms with Crippen LogP contribution in [0, 0.1) is 0 Å². The van der Waals surface area contributed by atoms with E-state index < -0.39 is 12.1 Å². The summed E-state index contributed by atoms with van der Waals surface area (Å²) in [7, 11) is 1.62. The molecule has 1 atom stereocenters. The van der Waals surface area contributed by atoms with Crippen LogP contribution < -0.4 is 5.32 Å². The third-order valence-electron chi connectivity index (χ3n) is 2.70. The quantitative estimate of drug-likeness (QED) is 0.907. The normalized spacial score (nSPS) is 14.8. The molecule has 0 bridgehead atoms. The number of nitrogens with one attached hydrogen (secondary N) is 1. The fraction of sp³-hybridized carbons (Fsp3) is 0.750. The van der Waals surface area contributed by atoms with Gasteiger partial charge in [-0.15, -0.1) is 0 Å². The van der Waals surface area contributed by atoms with Crippen LogP contribution in [0.2, 0.25) is 0 Å². The molecule has 3 nitrogen and oxygen atoms in total. The van der Waals surface area contributed by atoms with Gasteiger partial charge in [0.25, 0.3) is 0 Å². The number of nitrogens with zero attached hydrogens (tertiary/aromatic N) is 1. The van der Waals surface area contributed by atoms with E-state index in [9.17, 15) is 13.2 Å². The first-order valence-corrected chi connectivity index (χ1v) is 5.84. The lowest BCUT2D eigenvalue weighted by Gasteiger charge is -2.17. The molecular formula is C12H19F3N2O. The highest BCUT2D eigenvalue weighted by Gasteiger charge is 2.42. The Bertz CT molecular complexity index is 379. The van der Waals surface area contributed by atoms with Gasteiger partial charge in [0.1, 0.15) is 11.7 Å². The summed E-state index contributed by atoms with van der Waals surface area (Å²) >= 11 is 0. The molecule has 0 amide bonds. The molecule has 1 heterocycles. The minimum absolute atomic E-state index is 0.0392. The highest BCUT2D eigenvalue weighted by molar-refractivity contribution is 5.17. The Labute approximate surface area is 105 Å². The van der Waals surface area contributed by atoms with Gasteiger partial charge in [-0.25, -0.2) is 0 Å². The van der Waals surface area contributed by atoms with Crippen LogP contribution in [0.1, 0.15) is 44.6 Å². The van der Waals surface area contributed by atoms with Gasteiger partial charge in [-0.1, -0.05) is 25.9 Å². The summed E-state index contributed by atoms with van der Waals surface area (Å²) in [4.78, 5) is 0. The van der Waals surface area contributed by atoms with Gasteiger partial charge in [0.05, 0.1) is 5.69 Å². The Morgan fingerprint density at radius 3 is 2.33 bits per heavy atom. The molecule has 1 unspecified atom stereocenters. The van der Waals surface area contributed by atoms with Crippen molar-refractivity contribution >= 4 is 0 Å². The Balaban J connectivity index is 2.96. The van der Waals surface area contributed by atoms with Crippen LogP contribution in [0.15, 0.2) is 10.6 Å². The number of hydrogen-bond donors (Lipinski definition) is 1. The third kappa shape index (κ3) is 3.73. The van der Waals surface area contributed by atoms with Crippen molar-refractivity contribution in [1.82, 2.24) is 10.5 Å². The van der Waals surface area contributed by atoms with Crippen molar-refractivity contribution in [3.8, 4) is 0 Å². The largest absolute Gasteiger partial charge is 0.397 e. The number of hydrogen-bond acceptors (Lipinski definition) is 3. The second-order valence-electron chi connectivity index (χ2n) is 5.35. The van der Waals surface area contributed by atoms with Crippen LogP contribution in [0.25, 0.3) is 0 Å². The predicted molar refractivity (Wildman–Crippen MR) is 62.5 cm³/mol. The molecule has 0 saturated carbocycles. The van der Waals surface area contributed by atoms with Crippen LogP contribution in [-0.2, 0) is 5.41 Å². The average molecular weight is 264 g/mol. The topological polar surface area (TPSA) is 38.1 Å². The maximum Gasteiger partial charge on any atom is 0.397 e. The summed E-state index contributed by atoms with van der Waals surface area (Å²) in [5.41, 5.74) is -0.382. The molecule has 0 spiro atoms. The Morgan fingerprint density at radius 2 is 1.94 bits per heavy atom. The van der Waals surface area contributed by atoms with Crippen molar-refractivity contribution in [3.05, 3.63) is 17.5 Å². The van der Waals surface area contributed by atoms with Crippen molar-refractivity contribution in [1.29, 1.82) is 0 Å². The third-order valence-corrected chi connectivity index (χ3v) is 2.70. The van der Waals surface area contributed by atoms with E-state index in [4.69, 9.17) is 4.52 Å². The van der Waals surface area contributed by atoms with Gasteiger partial charge >= 0.3 is 6.18 Å². The van der Waals surface area contributed by atoms with Crippen molar-refractivity contribution in [2.75, 3.05) is 13.6 Å². The number of alkyl halides is 3. The zero-order chi connectivity index (χ0) is 14.0. The van der Waals surface area contributed by atoms with Crippen molar-refractivity contribution in [3.63, 3.8) is 0 Å². The fourth-order valence-electron chi connectivity index (χ4n) is 1.57. The second kappa shape index (κ2) is 5.30. The van der Waals surface area contributed by atoms with Crippen molar-refractivity contribution < 1.29 is 17.7 Å². The summed E-state index contributed by atoms with van der Waals surface area (Å²) in [5.74, 6) is -1.11. The first-order chi connectivity index (χ1) is 8.16. The van der Waals surface area contributed by atoms with E-state index in [1.54, 1.807) is 7.05 Å². The molecule has 6 heteroatoms. The van der Waals surface area contributed by atoms with E-state index in [1.807, 2.05) is 20.8 Å². The molecule has 1 rings (SSSR count). The molecular weight excluding hydrogens is 245 g/mol. The highest BCUT2D eigenvalue weighted by atomic mass is 19.4. The summed E-state index contributed by atoms with van der Waals surface area (Å²) in [6.45, 7) is 5.89. The van der Waals surface area contributed by atoms with E-state index in [0.717, 1.165) is 0 Å². The zero-order valence-corrected chi connectivity index (χ0v) is 11.1. The maximum absolute atomic E-state index is 12.9. The van der Waals surface area contributed by atoms with Gasteiger partial charge in [0, 0.05) is 11.5 Å². The van der Waals surface area contributed by atoms with Crippen LogP contribution in [0.4, 0.5) is 13.2 Å². The maximum atomic E-state index is 12.9. The molecule has 104 valence electrons. The van der Waals surface area contributed by atoms with Crippen LogP contribution in [-0.4, -0.2) is 24.9 Å². The summed E-state index contributed by atoms with van der Waals surface area (Å²) < 4.78 is 43.8. The Hall–Kier alpha value is -1.04. The Kier molecular flexibility index (Phi) is 4.42. The van der Waals surface area contributed by atoms with E-state index in [0.29, 0.717) is 5.76 Å². The van der Waals surface area contributed by atoms with Gasteiger partial charge in [-0.3, -0.25) is 0 Å². The van der Waals surface area contributed by atoms with Gasteiger partial charge in [0.15, 0.2) is 0 Å². The standard InChI is InChI=1S/C12H19F3N2O/c1-11(2,3)10-7-9(17-18-10)8(5-6-16-4)12(13,14)15/h7-8,16H,5-6H2,1-4H3. The first kappa shape index (κ1) is 15.0. The number of rotatable bonds is 4. The van der Waals surface area contributed by atoms with Crippen molar-refractivity contribution in [2.24, 2.45) is 0 Å². The smallest absolute Gasteiger partial charge is 0.361 e. The monoisotopic (exact) mass is 264 g/mol. The summed E-state index contributed by atoms with van der Waals surface area (Å²) in [6, 6.07) is 1.41. The minimum atomic E-state index is -4.30. The fourth-order valence-corrected chi connectivity index (χ4v) is 1.57. The van der Waals surface area contributed by atoms with Gasteiger partial charge in [0.2, 0.25) is 0 Å². The number of aromatic nitrogens is 1. The minimum Gasteiger partial charge on any atom is -0.361 e. The first-order valence-electron chi connectivity index (χ1n) is 5.84. The summed E-state index contributed by atoms with van der Waals surface area (Å²) in [6.07, 6.45) is -4.35. The summed E-state index contributed by atoms with van der Waals surface area (Å²) in [5, 5.41) is 6.30. The van der Waals surface area contributed by atoms with E-state index in [2.05, 4.69) is 10.5 Å². The molecule has 0 fully saturated rings. The lowest BCUT2D eigenvalue weighted by molar-refractivity contribution is -0.152. The molecule has 0 aromatic carbocycles.